The molecule has 22 heavy (non-hydrogen) atoms. The van der Waals surface area contributed by atoms with E-state index in [0.29, 0.717) is 13.1 Å². The van der Waals surface area contributed by atoms with Crippen LogP contribution in [0.15, 0.2) is 0 Å². The molecule has 0 aromatic rings. The summed E-state index contributed by atoms with van der Waals surface area (Å²) >= 11 is 0. The predicted octanol–water partition coefficient (Wildman–Crippen LogP) is 1.97. The van der Waals surface area contributed by atoms with Crippen LogP contribution in [0.4, 0.5) is 4.79 Å². The summed E-state index contributed by atoms with van der Waals surface area (Å²) in [5, 5.41) is 0. The summed E-state index contributed by atoms with van der Waals surface area (Å²) in [4.78, 5) is 27.9. The van der Waals surface area contributed by atoms with E-state index in [1.165, 1.54) is 0 Å². The molecule has 6 heteroatoms. The van der Waals surface area contributed by atoms with Crippen LogP contribution in [0.25, 0.3) is 0 Å². The number of likely N-dealkylation sites (tertiary alicyclic amines) is 1. The summed E-state index contributed by atoms with van der Waals surface area (Å²) in [7, 11) is 0. The van der Waals surface area contributed by atoms with E-state index in [0.717, 1.165) is 12.8 Å². The number of carbonyl (C=O) groups is 2. The van der Waals surface area contributed by atoms with Crippen molar-refractivity contribution in [3.63, 3.8) is 0 Å². The van der Waals surface area contributed by atoms with Crippen LogP contribution in [0.2, 0.25) is 0 Å². The van der Waals surface area contributed by atoms with Gasteiger partial charge < -0.3 is 20.3 Å². The molecule has 0 spiro atoms. The van der Waals surface area contributed by atoms with Crippen molar-refractivity contribution in [2.45, 2.75) is 78.1 Å². The highest BCUT2D eigenvalue weighted by Crippen LogP contribution is 2.21. The highest BCUT2D eigenvalue weighted by atomic mass is 16.6. The quantitative estimate of drug-likeness (QED) is 0.864. The van der Waals surface area contributed by atoms with Gasteiger partial charge in [0.15, 0.2) is 0 Å². The second-order valence-electron chi connectivity index (χ2n) is 7.33. The molecule has 1 rings (SSSR count). The van der Waals surface area contributed by atoms with Gasteiger partial charge in [0.2, 0.25) is 5.91 Å². The smallest absolute Gasteiger partial charge is 0.410 e. The highest BCUT2D eigenvalue weighted by molar-refractivity contribution is 5.81. The molecule has 0 aromatic heterocycles. The molecule has 1 unspecified atom stereocenters. The van der Waals surface area contributed by atoms with Crippen LogP contribution in [-0.4, -0.2) is 58.6 Å². The number of carbonyl (C=O) groups excluding carboxylic acids is 2. The van der Waals surface area contributed by atoms with Crippen LogP contribution in [0.3, 0.4) is 0 Å². The second-order valence-corrected chi connectivity index (χ2v) is 7.33. The highest BCUT2D eigenvalue weighted by Gasteiger charge is 2.33. The molecule has 1 saturated heterocycles. The monoisotopic (exact) mass is 313 g/mol. The first kappa shape index (κ1) is 18.7. The molecule has 2 amide bonds. The average molecular weight is 313 g/mol. The molecule has 128 valence electrons. The van der Waals surface area contributed by atoms with Crippen LogP contribution < -0.4 is 5.73 Å². The summed E-state index contributed by atoms with van der Waals surface area (Å²) in [6, 6.07) is -0.250. The number of nitrogens with two attached hydrogens (primary N) is 1. The van der Waals surface area contributed by atoms with E-state index in [4.69, 9.17) is 10.5 Å². The number of nitrogens with zero attached hydrogens (tertiary/aromatic N) is 2. The van der Waals surface area contributed by atoms with E-state index >= 15 is 0 Å². The van der Waals surface area contributed by atoms with E-state index in [2.05, 4.69) is 0 Å². The van der Waals surface area contributed by atoms with Gasteiger partial charge in [0.25, 0.3) is 0 Å². The molecule has 1 atom stereocenters. The van der Waals surface area contributed by atoms with Crippen molar-refractivity contribution in [1.29, 1.82) is 0 Å². The van der Waals surface area contributed by atoms with Gasteiger partial charge in [0, 0.05) is 25.2 Å². The number of hydrogen-bond donors (Lipinski definition) is 1. The molecule has 0 aliphatic carbocycles. The van der Waals surface area contributed by atoms with E-state index < -0.39 is 11.6 Å². The molecule has 0 radical (unpaired) electrons. The lowest BCUT2D eigenvalue weighted by molar-refractivity contribution is -0.137. The van der Waals surface area contributed by atoms with Crippen LogP contribution in [0.1, 0.15) is 54.4 Å². The topological polar surface area (TPSA) is 75.9 Å². The Morgan fingerprint density at radius 3 is 2.05 bits per heavy atom. The van der Waals surface area contributed by atoms with Crippen molar-refractivity contribution in [2.75, 3.05) is 13.1 Å². The number of ether oxygens (including phenoxy) is 1. The lowest BCUT2D eigenvalue weighted by Gasteiger charge is -2.41. The molecule has 1 aliphatic heterocycles. The van der Waals surface area contributed by atoms with Crippen LogP contribution in [0, 0.1) is 0 Å². The van der Waals surface area contributed by atoms with Gasteiger partial charge in [-0.3, -0.25) is 4.79 Å². The van der Waals surface area contributed by atoms with Gasteiger partial charge in [-0.05, 0) is 54.4 Å². The van der Waals surface area contributed by atoms with Gasteiger partial charge in [0.05, 0.1) is 6.04 Å². The van der Waals surface area contributed by atoms with Crippen molar-refractivity contribution in [1.82, 2.24) is 9.80 Å². The van der Waals surface area contributed by atoms with Gasteiger partial charge in [0.1, 0.15) is 5.60 Å². The summed E-state index contributed by atoms with van der Waals surface area (Å²) in [5.41, 5.74) is 5.27. The molecule has 0 bridgehead atoms. The normalized spacial score (nSPS) is 18.3. The summed E-state index contributed by atoms with van der Waals surface area (Å²) in [6.45, 7) is 12.5. The second kappa shape index (κ2) is 7.31. The maximum atomic E-state index is 12.3. The largest absolute Gasteiger partial charge is 0.444 e. The lowest BCUT2D eigenvalue weighted by atomic mass is 10.0. The number of hydrogen-bond acceptors (Lipinski definition) is 4. The van der Waals surface area contributed by atoms with E-state index in [-0.39, 0.29) is 24.1 Å². The Kier molecular flexibility index (Phi) is 6.23. The zero-order chi connectivity index (χ0) is 17.1. The molecule has 6 nitrogen and oxygen atoms in total. The van der Waals surface area contributed by atoms with E-state index in [1.807, 2.05) is 39.5 Å². The Morgan fingerprint density at radius 1 is 1.18 bits per heavy atom. The lowest BCUT2D eigenvalue weighted by Crippen LogP contribution is -2.55. The van der Waals surface area contributed by atoms with Gasteiger partial charge >= 0.3 is 6.09 Å². The maximum absolute atomic E-state index is 12.3. The van der Waals surface area contributed by atoms with Gasteiger partial charge in [-0.1, -0.05) is 0 Å². The minimum atomic E-state index is -0.494. The summed E-state index contributed by atoms with van der Waals surface area (Å²) in [5.74, 6) is -0.0225. The van der Waals surface area contributed by atoms with Crippen LogP contribution in [-0.2, 0) is 9.53 Å². The minimum Gasteiger partial charge on any atom is -0.444 e. The van der Waals surface area contributed by atoms with Crippen molar-refractivity contribution < 1.29 is 14.3 Å². The van der Waals surface area contributed by atoms with Gasteiger partial charge in [-0.2, -0.15) is 0 Å². The first-order valence-corrected chi connectivity index (χ1v) is 8.08. The molecule has 0 aromatic carbocycles. The molecule has 1 aliphatic rings. The van der Waals surface area contributed by atoms with Crippen molar-refractivity contribution in [3.05, 3.63) is 0 Å². The summed E-state index contributed by atoms with van der Waals surface area (Å²) < 4.78 is 5.39. The molecular formula is C16H31N3O3. The first-order valence-electron chi connectivity index (χ1n) is 8.08. The molecular weight excluding hydrogens is 282 g/mol. The maximum Gasteiger partial charge on any atom is 0.410 e. The molecule has 2 N–H and O–H groups in total. The van der Waals surface area contributed by atoms with Gasteiger partial charge in [-0.15, -0.1) is 0 Å². The molecule has 1 fully saturated rings. The Hall–Kier alpha value is -1.30. The van der Waals surface area contributed by atoms with E-state index in [1.54, 1.807) is 11.8 Å². The Labute approximate surface area is 134 Å². The average Bonchev–Trinajstić information content (AvgIpc) is 2.37. The third kappa shape index (κ3) is 5.16. The fourth-order valence-corrected chi connectivity index (χ4v) is 2.74. The third-order valence-electron chi connectivity index (χ3n) is 3.71. The fourth-order valence-electron chi connectivity index (χ4n) is 2.74. The Balaban J connectivity index is 2.63. The van der Waals surface area contributed by atoms with Crippen molar-refractivity contribution in [2.24, 2.45) is 5.73 Å². The van der Waals surface area contributed by atoms with E-state index in [9.17, 15) is 9.59 Å². The predicted molar refractivity (Wildman–Crippen MR) is 86.5 cm³/mol. The van der Waals surface area contributed by atoms with Gasteiger partial charge in [-0.25, -0.2) is 4.79 Å². The first-order chi connectivity index (χ1) is 10.0. The summed E-state index contributed by atoms with van der Waals surface area (Å²) in [6.07, 6.45) is 1.24. The molecule has 0 saturated carbocycles. The number of amides is 2. The number of rotatable bonds is 3. The number of piperidine rings is 1. The fraction of sp³-hybridized carbons (Fsp3) is 0.875. The van der Waals surface area contributed by atoms with Crippen LogP contribution >= 0.6 is 0 Å². The third-order valence-corrected chi connectivity index (χ3v) is 3.71. The van der Waals surface area contributed by atoms with Crippen molar-refractivity contribution >= 4 is 12.0 Å². The Morgan fingerprint density at radius 2 is 1.68 bits per heavy atom. The van der Waals surface area contributed by atoms with Crippen LogP contribution in [0.5, 0.6) is 0 Å². The zero-order valence-corrected chi connectivity index (χ0v) is 14.8. The SMILES string of the molecule is CC(N)C(=O)N(C(C)C)C1CCN(C(=O)OC(C)(C)C)CC1. The minimum absolute atomic E-state index is 0.0225. The van der Waals surface area contributed by atoms with Crippen molar-refractivity contribution in [3.8, 4) is 0 Å². The standard InChI is InChI=1S/C16H31N3O3/c1-11(2)19(14(20)12(3)17)13-7-9-18(10-8-13)15(21)22-16(4,5)6/h11-13H,7-10,17H2,1-6H3. The zero-order valence-electron chi connectivity index (χ0n) is 14.8. The Bertz CT molecular complexity index is 394. The molecule has 1 heterocycles.